The molecule has 0 saturated heterocycles. The van der Waals surface area contributed by atoms with Crippen molar-refractivity contribution in [2.75, 3.05) is 7.11 Å². The zero-order valence-electron chi connectivity index (χ0n) is 10.0. The molecule has 2 aromatic carbocycles. The van der Waals surface area contributed by atoms with Crippen LogP contribution in [-0.2, 0) is 0 Å². The lowest BCUT2D eigenvalue weighted by molar-refractivity contribution is 0.250. The van der Waals surface area contributed by atoms with E-state index in [4.69, 9.17) is 17.0 Å². The third kappa shape index (κ3) is 2.58. The van der Waals surface area contributed by atoms with Gasteiger partial charge in [0.15, 0.2) is 0 Å². The van der Waals surface area contributed by atoms with Gasteiger partial charge in [-0.15, -0.1) is 0 Å². The number of benzene rings is 2. The third-order valence-corrected chi connectivity index (χ3v) is 3.18. The highest BCUT2D eigenvalue weighted by Crippen LogP contribution is 2.25. The molecule has 0 fully saturated rings. The van der Waals surface area contributed by atoms with E-state index in [2.05, 4.69) is 0 Å². The quantitative estimate of drug-likeness (QED) is 0.675. The van der Waals surface area contributed by atoms with Crippen LogP contribution in [0.2, 0.25) is 0 Å². The van der Waals surface area contributed by atoms with Gasteiger partial charge >= 0.3 is 0 Å². The van der Waals surface area contributed by atoms with Crippen LogP contribution >= 0.6 is 12.2 Å². The summed E-state index contributed by atoms with van der Waals surface area (Å²) in [6.07, 6.45) is -0.794. The van der Waals surface area contributed by atoms with Crippen molar-refractivity contribution in [3.8, 4) is 5.75 Å². The van der Waals surface area contributed by atoms with Gasteiger partial charge < -0.3 is 9.84 Å². The van der Waals surface area contributed by atoms with E-state index in [1.54, 1.807) is 7.11 Å². The van der Waals surface area contributed by atoms with E-state index >= 15 is 0 Å². The Labute approximate surface area is 112 Å². The molecule has 0 aliphatic rings. The summed E-state index contributed by atoms with van der Waals surface area (Å²) in [5.41, 5.74) is 1.54. The van der Waals surface area contributed by atoms with Crippen LogP contribution in [0.15, 0.2) is 54.6 Å². The number of hydrogen-bond donors (Lipinski definition) is 1. The SMILES string of the molecule is COc1ccccc1C(=S)C(O)c1ccccc1. The Bertz CT molecular complexity index is 537. The molecular formula is C15H14O2S. The smallest absolute Gasteiger partial charge is 0.127 e. The van der Waals surface area contributed by atoms with Gasteiger partial charge in [-0.25, -0.2) is 0 Å². The van der Waals surface area contributed by atoms with Gasteiger partial charge in [-0.2, -0.15) is 0 Å². The molecule has 0 bridgehead atoms. The highest BCUT2D eigenvalue weighted by Gasteiger charge is 2.17. The van der Waals surface area contributed by atoms with Gasteiger partial charge in [0, 0.05) is 5.56 Å². The summed E-state index contributed by atoms with van der Waals surface area (Å²) < 4.78 is 5.25. The predicted molar refractivity (Wildman–Crippen MR) is 76.1 cm³/mol. The normalized spacial score (nSPS) is 11.9. The number of hydrogen-bond acceptors (Lipinski definition) is 3. The van der Waals surface area contributed by atoms with Gasteiger partial charge in [0.1, 0.15) is 11.9 Å². The highest BCUT2D eigenvalue weighted by molar-refractivity contribution is 7.81. The zero-order valence-corrected chi connectivity index (χ0v) is 10.9. The summed E-state index contributed by atoms with van der Waals surface area (Å²) in [6, 6.07) is 16.8. The molecule has 2 rings (SSSR count). The van der Waals surface area contributed by atoms with Crippen molar-refractivity contribution in [3.63, 3.8) is 0 Å². The maximum absolute atomic E-state index is 10.3. The average Bonchev–Trinajstić information content (AvgIpc) is 2.46. The average molecular weight is 258 g/mol. The molecule has 0 radical (unpaired) electrons. The van der Waals surface area contributed by atoms with Gasteiger partial charge in [0.25, 0.3) is 0 Å². The highest BCUT2D eigenvalue weighted by atomic mass is 32.1. The van der Waals surface area contributed by atoms with Gasteiger partial charge in [0.05, 0.1) is 12.0 Å². The number of rotatable bonds is 4. The Morgan fingerprint density at radius 2 is 1.67 bits per heavy atom. The molecule has 1 N–H and O–H groups in total. The minimum Gasteiger partial charge on any atom is -0.496 e. The van der Waals surface area contributed by atoms with Crippen molar-refractivity contribution in [2.24, 2.45) is 0 Å². The maximum atomic E-state index is 10.3. The number of ether oxygens (including phenoxy) is 1. The van der Waals surface area contributed by atoms with Crippen LogP contribution in [0.3, 0.4) is 0 Å². The lowest BCUT2D eigenvalue weighted by Crippen LogP contribution is -2.12. The topological polar surface area (TPSA) is 29.5 Å². The molecule has 0 aliphatic carbocycles. The first-order valence-corrected chi connectivity index (χ1v) is 6.05. The molecule has 2 nitrogen and oxygen atoms in total. The standard InChI is InChI=1S/C15H14O2S/c1-17-13-10-6-5-9-12(13)15(18)14(16)11-7-3-2-4-8-11/h2-10,14,16H,1H3. The first-order chi connectivity index (χ1) is 8.74. The minimum atomic E-state index is -0.794. The maximum Gasteiger partial charge on any atom is 0.127 e. The molecule has 0 heterocycles. The van der Waals surface area contributed by atoms with Gasteiger partial charge in [-0.3, -0.25) is 0 Å². The predicted octanol–water partition coefficient (Wildman–Crippen LogP) is 3.15. The molecule has 18 heavy (non-hydrogen) atoms. The van der Waals surface area contributed by atoms with Crippen LogP contribution in [0.4, 0.5) is 0 Å². The van der Waals surface area contributed by atoms with E-state index in [0.29, 0.717) is 10.6 Å². The van der Waals surface area contributed by atoms with E-state index in [9.17, 15) is 5.11 Å². The number of aliphatic hydroxyl groups excluding tert-OH is 1. The molecule has 0 spiro atoms. The number of para-hydroxylation sites is 1. The molecule has 0 amide bonds. The van der Waals surface area contributed by atoms with Crippen molar-refractivity contribution >= 4 is 17.1 Å². The Kier molecular flexibility index (Phi) is 4.07. The van der Waals surface area contributed by atoms with Gasteiger partial charge in [-0.05, 0) is 11.6 Å². The minimum absolute atomic E-state index is 0.471. The second-order valence-electron chi connectivity index (χ2n) is 3.88. The molecule has 1 unspecified atom stereocenters. The molecule has 0 aliphatic heterocycles. The third-order valence-electron chi connectivity index (χ3n) is 2.74. The molecule has 0 saturated carbocycles. The summed E-state index contributed by atoms with van der Waals surface area (Å²) in [5.74, 6) is 0.678. The lowest BCUT2D eigenvalue weighted by Gasteiger charge is -2.15. The summed E-state index contributed by atoms with van der Waals surface area (Å²) in [7, 11) is 1.59. The second-order valence-corrected chi connectivity index (χ2v) is 4.32. The van der Waals surface area contributed by atoms with E-state index in [1.807, 2.05) is 54.6 Å². The van der Waals surface area contributed by atoms with Gasteiger partial charge in [0.2, 0.25) is 0 Å². The number of thiocarbonyl (C=S) groups is 1. The molecule has 0 aromatic heterocycles. The number of aliphatic hydroxyl groups is 1. The van der Waals surface area contributed by atoms with Crippen LogP contribution in [0.1, 0.15) is 17.2 Å². The van der Waals surface area contributed by atoms with E-state index in [-0.39, 0.29) is 0 Å². The fraction of sp³-hybridized carbons (Fsp3) is 0.133. The van der Waals surface area contributed by atoms with Crippen molar-refractivity contribution in [2.45, 2.75) is 6.10 Å². The Morgan fingerprint density at radius 1 is 1.06 bits per heavy atom. The summed E-state index contributed by atoms with van der Waals surface area (Å²) in [4.78, 5) is 0.471. The van der Waals surface area contributed by atoms with E-state index < -0.39 is 6.10 Å². The van der Waals surface area contributed by atoms with Crippen molar-refractivity contribution in [3.05, 3.63) is 65.7 Å². The molecule has 92 valence electrons. The Hall–Kier alpha value is -1.71. The fourth-order valence-corrected chi connectivity index (χ4v) is 2.09. The molecular weight excluding hydrogens is 244 g/mol. The first kappa shape index (κ1) is 12.7. The summed E-state index contributed by atoms with van der Waals surface area (Å²) >= 11 is 5.35. The van der Waals surface area contributed by atoms with Crippen LogP contribution in [0.5, 0.6) is 5.75 Å². The molecule has 3 heteroatoms. The van der Waals surface area contributed by atoms with Crippen molar-refractivity contribution in [1.29, 1.82) is 0 Å². The monoisotopic (exact) mass is 258 g/mol. The lowest BCUT2D eigenvalue weighted by atomic mass is 10.0. The largest absolute Gasteiger partial charge is 0.496 e. The second kappa shape index (κ2) is 5.76. The molecule has 1 atom stereocenters. The molecule has 2 aromatic rings. The Balaban J connectivity index is 2.32. The van der Waals surface area contributed by atoms with Crippen LogP contribution in [-0.4, -0.2) is 17.1 Å². The Morgan fingerprint density at radius 3 is 2.33 bits per heavy atom. The first-order valence-electron chi connectivity index (χ1n) is 5.64. The van der Waals surface area contributed by atoms with Crippen molar-refractivity contribution < 1.29 is 9.84 Å². The van der Waals surface area contributed by atoms with Crippen LogP contribution < -0.4 is 4.74 Å². The summed E-state index contributed by atoms with van der Waals surface area (Å²) in [5, 5.41) is 10.3. The number of methoxy groups -OCH3 is 1. The van der Waals surface area contributed by atoms with Gasteiger partial charge in [-0.1, -0.05) is 60.7 Å². The van der Waals surface area contributed by atoms with Crippen LogP contribution in [0.25, 0.3) is 0 Å². The van der Waals surface area contributed by atoms with E-state index in [1.165, 1.54) is 0 Å². The fourth-order valence-electron chi connectivity index (χ4n) is 1.78. The zero-order chi connectivity index (χ0) is 13.0. The van der Waals surface area contributed by atoms with E-state index in [0.717, 1.165) is 11.1 Å². The summed E-state index contributed by atoms with van der Waals surface area (Å²) in [6.45, 7) is 0. The van der Waals surface area contributed by atoms with Crippen LogP contribution in [0, 0.1) is 0 Å². The van der Waals surface area contributed by atoms with Crippen molar-refractivity contribution in [1.82, 2.24) is 0 Å².